The zero-order chi connectivity index (χ0) is 15.2. The van der Waals surface area contributed by atoms with Crippen molar-refractivity contribution in [3.05, 3.63) is 35.9 Å². The maximum Gasteiger partial charge on any atom is 0.229 e. The number of benzene rings is 1. The molecular weight excluding hydrogens is 262 g/mol. The minimum Gasteiger partial charge on any atom is -0.308 e. The minimum absolute atomic E-state index is 0.0165. The first-order valence-electron chi connectivity index (χ1n) is 7.30. The number of hydrogen-bond acceptors (Lipinski definition) is 2. The van der Waals surface area contributed by atoms with Crippen LogP contribution in [0.4, 0.5) is 5.82 Å². The molecule has 2 atom stereocenters. The first kappa shape index (κ1) is 13.9. The van der Waals surface area contributed by atoms with Crippen LogP contribution in [0.15, 0.2) is 35.9 Å². The first-order valence-corrected chi connectivity index (χ1v) is 7.30. The Morgan fingerprint density at radius 3 is 2.76 bits per heavy atom. The molecule has 4 heteroatoms. The number of aromatic nitrogens is 2. The summed E-state index contributed by atoms with van der Waals surface area (Å²) < 4.78 is 0. The Morgan fingerprint density at radius 1 is 1.33 bits per heavy atom. The second-order valence-corrected chi connectivity index (χ2v) is 6.68. The summed E-state index contributed by atoms with van der Waals surface area (Å²) in [5.41, 5.74) is 2.21. The molecule has 21 heavy (non-hydrogen) atoms. The summed E-state index contributed by atoms with van der Waals surface area (Å²) in [7, 11) is 0. The molecular formula is C17H21N3O. The molecule has 1 amide bonds. The van der Waals surface area contributed by atoms with E-state index in [1.807, 2.05) is 24.3 Å². The van der Waals surface area contributed by atoms with Gasteiger partial charge in [0.05, 0.1) is 11.4 Å². The van der Waals surface area contributed by atoms with E-state index in [0.29, 0.717) is 11.7 Å². The monoisotopic (exact) mass is 283 g/mol. The van der Waals surface area contributed by atoms with Gasteiger partial charge in [-0.3, -0.25) is 9.89 Å². The molecule has 2 aromatic rings. The van der Waals surface area contributed by atoms with Crippen LogP contribution in [0.2, 0.25) is 0 Å². The molecule has 110 valence electrons. The van der Waals surface area contributed by atoms with Crippen LogP contribution in [0, 0.1) is 17.3 Å². The lowest BCUT2D eigenvalue weighted by atomic mass is 10.1. The lowest BCUT2D eigenvalue weighted by Crippen LogP contribution is -2.17. The summed E-state index contributed by atoms with van der Waals surface area (Å²) in [6.07, 6.45) is 2.20. The Labute approximate surface area is 124 Å². The van der Waals surface area contributed by atoms with Crippen LogP contribution in [0.25, 0.3) is 10.9 Å². The van der Waals surface area contributed by atoms with E-state index in [9.17, 15) is 4.79 Å². The SMILES string of the molecule is CC(C)=C[C@@H]1[C@H](C(=O)Nc2n[nH]c3ccccc23)C1(C)C. The number of rotatable bonds is 3. The number of nitrogens with one attached hydrogen (secondary N) is 2. The van der Waals surface area contributed by atoms with Crippen molar-refractivity contribution in [2.75, 3.05) is 5.32 Å². The number of H-pyrrole nitrogens is 1. The molecule has 0 aliphatic heterocycles. The van der Waals surface area contributed by atoms with Gasteiger partial charge in [-0.2, -0.15) is 5.10 Å². The van der Waals surface area contributed by atoms with E-state index in [1.165, 1.54) is 5.57 Å². The minimum atomic E-state index is 0.0165. The molecule has 0 unspecified atom stereocenters. The highest BCUT2D eigenvalue weighted by atomic mass is 16.2. The molecule has 0 saturated heterocycles. The number of anilines is 1. The molecule has 1 aromatic carbocycles. The number of fused-ring (bicyclic) bond motifs is 1. The van der Waals surface area contributed by atoms with Gasteiger partial charge in [0.1, 0.15) is 0 Å². The summed E-state index contributed by atoms with van der Waals surface area (Å²) in [5.74, 6) is 1.00. The summed E-state index contributed by atoms with van der Waals surface area (Å²) in [6, 6.07) is 7.80. The molecule has 1 fully saturated rings. The van der Waals surface area contributed by atoms with Gasteiger partial charge in [0, 0.05) is 5.39 Å². The van der Waals surface area contributed by atoms with Crippen molar-refractivity contribution in [3.63, 3.8) is 0 Å². The summed E-state index contributed by atoms with van der Waals surface area (Å²) in [6.45, 7) is 8.43. The van der Waals surface area contributed by atoms with E-state index in [-0.39, 0.29) is 17.2 Å². The number of carbonyl (C=O) groups excluding carboxylic acids is 1. The van der Waals surface area contributed by atoms with Gasteiger partial charge in [-0.1, -0.05) is 37.6 Å². The lowest BCUT2D eigenvalue weighted by molar-refractivity contribution is -0.118. The van der Waals surface area contributed by atoms with E-state index in [2.05, 4.69) is 49.3 Å². The van der Waals surface area contributed by atoms with Gasteiger partial charge in [-0.25, -0.2) is 0 Å². The number of aromatic amines is 1. The summed E-state index contributed by atoms with van der Waals surface area (Å²) in [4.78, 5) is 12.5. The van der Waals surface area contributed by atoms with Gasteiger partial charge in [0.2, 0.25) is 5.91 Å². The molecule has 1 aliphatic carbocycles. The fourth-order valence-corrected chi connectivity index (χ4v) is 3.10. The Kier molecular flexibility index (Phi) is 3.12. The number of amides is 1. The van der Waals surface area contributed by atoms with Gasteiger partial charge in [-0.15, -0.1) is 0 Å². The Balaban J connectivity index is 1.80. The number of para-hydroxylation sites is 1. The van der Waals surface area contributed by atoms with E-state index in [4.69, 9.17) is 0 Å². The van der Waals surface area contributed by atoms with Crippen molar-refractivity contribution in [1.82, 2.24) is 10.2 Å². The molecule has 0 radical (unpaired) electrons. The highest BCUT2D eigenvalue weighted by Gasteiger charge is 2.60. The molecule has 4 nitrogen and oxygen atoms in total. The van der Waals surface area contributed by atoms with Crippen LogP contribution in [0.5, 0.6) is 0 Å². The maximum absolute atomic E-state index is 12.5. The fourth-order valence-electron chi connectivity index (χ4n) is 3.10. The van der Waals surface area contributed by atoms with Crippen molar-refractivity contribution in [1.29, 1.82) is 0 Å². The average Bonchev–Trinajstić information content (AvgIpc) is 2.78. The molecule has 0 spiro atoms. The van der Waals surface area contributed by atoms with Crippen molar-refractivity contribution < 1.29 is 4.79 Å². The topological polar surface area (TPSA) is 57.8 Å². The van der Waals surface area contributed by atoms with Crippen molar-refractivity contribution in [3.8, 4) is 0 Å². The second kappa shape index (κ2) is 4.72. The Morgan fingerprint density at radius 2 is 2.05 bits per heavy atom. The van der Waals surface area contributed by atoms with Crippen molar-refractivity contribution >= 4 is 22.6 Å². The fraction of sp³-hybridized carbons (Fsp3) is 0.412. The van der Waals surface area contributed by atoms with Gasteiger partial charge < -0.3 is 5.32 Å². The Hall–Kier alpha value is -2.10. The number of carbonyl (C=O) groups is 1. The van der Waals surface area contributed by atoms with Crippen LogP contribution in [-0.4, -0.2) is 16.1 Å². The molecule has 2 N–H and O–H groups in total. The third kappa shape index (κ3) is 2.35. The van der Waals surface area contributed by atoms with Gasteiger partial charge in [-0.05, 0) is 37.3 Å². The highest BCUT2D eigenvalue weighted by molar-refractivity contribution is 6.02. The summed E-state index contributed by atoms with van der Waals surface area (Å²) >= 11 is 0. The predicted molar refractivity (Wildman–Crippen MR) is 84.9 cm³/mol. The molecule has 1 aliphatic rings. The normalized spacial score (nSPS) is 22.9. The van der Waals surface area contributed by atoms with Gasteiger partial charge in [0.15, 0.2) is 5.82 Å². The third-order valence-corrected chi connectivity index (χ3v) is 4.42. The predicted octanol–water partition coefficient (Wildman–Crippen LogP) is 3.74. The largest absolute Gasteiger partial charge is 0.308 e. The van der Waals surface area contributed by atoms with Crippen LogP contribution in [0.1, 0.15) is 27.7 Å². The first-order chi connectivity index (χ1) is 9.91. The standard InChI is InChI=1S/C17H21N3O/c1-10(2)9-12-14(17(12,3)4)16(21)18-15-11-7-5-6-8-13(11)19-20-15/h5-9,12,14H,1-4H3,(H2,18,19,20,21)/t12-,14-/m1/s1. The smallest absolute Gasteiger partial charge is 0.229 e. The van der Waals surface area contributed by atoms with Gasteiger partial charge in [0.25, 0.3) is 0 Å². The van der Waals surface area contributed by atoms with E-state index >= 15 is 0 Å². The maximum atomic E-state index is 12.5. The Bertz CT molecular complexity index is 722. The molecule has 1 saturated carbocycles. The average molecular weight is 283 g/mol. The van der Waals surface area contributed by atoms with Crippen LogP contribution < -0.4 is 5.32 Å². The molecule has 3 rings (SSSR count). The van der Waals surface area contributed by atoms with E-state index < -0.39 is 0 Å². The molecule has 1 aromatic heterocycles. The van der Waals surface area contributed by atoms with Crippen molar-refractivity contribution in [2.45, 2.75) is 27.7 Å². The summed E-state index contributed by atoms with van der Waals surface area (Å²) in [5, 5.41) is 11.1. The quantitative estimate of drug-likeness (QED) is 0.843. The molecule has 1 heterocycles. The zero-order valence-electron chi connectivity index (χ0n) is 12.9. The second-order valence-electron chi connectivity index (χ2n) is 6.68. The number of allylic oxidation sites excluding steroid dienone is 2. The van der Waals surface area contributed by atoms with Crippen LogP contribution in [0.3, 0.4) is 0 Å². The van der Waals surface area contributed by atoms with E-state index in [0.717, 1.165) is 10.9 Å². The zero-order valence-corrected chi connectivity index (χ0v) is 12.9. The molecule has 0 bridgehead atoms. The number of hydrogen-bond donors (Lipinski definition) is 2. The highest BCUT2D eigenvalue weighted by Crippen LogP contribution is 2.59. The third-order valence-electron chi connectivity index (χ3n) is 4.42. The van der Waals surface area contributed by atoms with Gasteiger partial charge >= 0.3 is 0 Å². The van der Waals surface area contributed by atoms with Crippen LogP contribution >= 0.6 is 0 Å². The number of nitrogens with zero attached hydrogens (tertiary/aromatic N) is 1. The lowest BCUT2D eigenvalue weighted by Gasteiger charge is -2.03. The van der Waals surface area contributed by atoms with Crippen molar-refractivity contribution in [2.24, 2.45) is 17.3 Å². The van der Waals surface area contributed by atoms with Crippen LogP contribution in [-0.2, 0) is 4.79 Å². The van der Waals surface area contributed by atoms with E-state index in [1.54, 1.807) is 0 Å².